The van der Waals surface area contributed by atoms with Gasteiger partial charge in [0.25, 0.3) is 0 Å². The predicted octanol–water partition coefficient (Wildman–Crippen LogP) is 2.30. The molecule has 5 heteroatoms. The van der Waals surface area contributed by atoms with E-state index in [4.69, 9.17) is 4.74 Å². The number of alkyl carbamates (subject to hydrolysis) is 1. The first kappa shape index (κ1) is 15.0. The van der Waals surface area contributed by atoms with Crippen LogP contribution in [-0.4, -0.2) is 23.2 Å². The van der Waals surface area contributed by atoms with Crippen LogP contribution in [0.5, 0.6) is 0 Å². The highest BCUT2D eigenvalue weighted by Gasteiger charge is 2.14. The first-order valence-corrected chi connectivity index (χ1v) is 6.19. The van der Waals surface area contributed by atoms with Gasteiger partial charge in [0.05, 0.1) is 0 Å². The Morgan fingerprint density at radius 2 is 2.21 bits per heavy atom. The molecule has 2 N–H and O–H groups in total. The molecule has 1 aromatic rings. The van der Waals surface area contributed by atoms with E-state index < -0.39 is 11.7 Å². The predicted molar refractivity (Wildman–Crippen MR) is 75.0 cm³/mol. The molecular formula is C14H20N2O3. The number of rotatable bonds is 4. The summed E-state index contributed by atoms with van der Waals surface area (Å²) in [7, 11) is 0. The number of H-pyrrole nitrogens is 1. The van der Waals surface area contributed by atoms with Crippen LogP contribution in [0.15, 0.2) is 29.2 Å². The molecule has 0 unspecified atom stereocenters. The van der Waals surface area contributed by atoms with Gasteiger partial charge in [-0.15, -0.1) is 0 Å². The molecule has 0 fully saturated rings. The van der Waals surface area contributed by atoms with E-state index >= 15 is 0 Å². The van der Waals surface area contributed by atoms with Crippen LogP contribution in [0.3, 0.4) is 0 Å². The van der Waals surface area contributed by atoms with Crippen molar-refractivity contribution in [3.63, 3.8) is 0 Å². The Hall–Kier alpha value is -2.04. The van der Waals surface area contributed by atoms with Crippen molar-refractivity contribution >= 4 is 12.2 Å². The largest absolute Gasteiger partial charge is 0.444 e. The van der Waals surface area contributed by atoms with Crippen molar-refractivity contribution in [3.8, 4) is 0 Å². The van der Waals surface area contributed by atoms with Gasteiger partial charge in [0.15, 0.2) is 5.43 Å². The van der Waals surface area contributed by atoms with Crippen LogP contribution in [0.4, 0.5) is 4.79 Å². The van der Waals surface area contributed by atoms with Crippen LogP contribution in [-0.2, 0) is 4.74 Å². The van der Waals surface area contributed by atoms with Crippen molar-refractivity contribution in [1.29, 1.82) is 0 Å². The number of aromatic amines is 1. The number of hydrogen-bond acceptors (Lipinski definition) is 3. The quantitative estimate of drug-likeness (QED) is 0.820. The van der Waals surface area contributed by atoms with Crippen molar-refractivity contribution in [3.05, 3.63) is 40.3 Å². The third-order valence-corrected chi connectivity index (χ3v) is 2.07. The fourth-order valence-corrected chi connectivity index (χ4v) is 1.34. The van der Waals surface area contributed by atoms with Gasteiger partial charge >= 0.3 is 6.09 Å². The van der Waals surface area contributed by atoms with Gasteiger partial charge in [-0.3, -0.25) is 4.79 Å². The second-order valence-corrected chi connectivity index (χ2v) is 5.10. The Bertz CT molecular complexity index is 498. The lowest BCUT2D eigenvalue weighted by Crippen LogP contribution is -2.32. The van der Waals surface area contributed by atoms with E-state index in [1.54, 1.807) is 12.3 Å². The molecule has 0 aliphatic rings. The van der Waals surface area contributed by atoms with Gasteiger partial charge in [-0.25, -0.2) is 4.79 Å². The van der Waals surface area contributed by atoms with Gasteiger partial charge in [-0.2, -0.15) is 0 Å². The summed E-state index contributed by atoms with van der Waals surface area (Å²) in [6.45, 7) is 5.94. The molecule has 1 amide bonds. The number of nitrogens with one attached hydrogen (secondary N) is 2. The lowest BCUT2D eigenvalue weighted by Gasteiger charge is -2.19. The SMILES string of the molecule is CC(C)(C)OC(=O)NCCC=Cc1cc(=O)cc[nH]1. The van der Waals surface area contributed by atoms with Crippen molar-refractivity contribution in [2.45, 2.75) is 32.8 Å². The van der Waals surface area contributed by atoms with E-state index in [0.29, 0.717) is 13.0 Å². The van der Waals surface area contributed by atoms with Crippen LogP contribution in [0, 0.1) is 0 Å². The van der Waals surface area contributed by atoms with E-state index in [-0.39, 0.29) is 5.43 Å². The van der Waals surface area contributed by atoms with Crippen LogP contribution in [0.2, 0.25) is 0 Å². The smallest absolute Gasteiger partial charge is 0.407 e. The molecule has 19 heavy (non-hydrogen) atoms. The molecule has 1 rings (SSSR count). The molecule has 1 heterocycles. The summed E-state index contributed by atoms with van der Waals surface area (Å²) in [4.78, 5) is 25.3. The molecule has 0 bridgehead atoms. The summed E-state index contributed by atoms with van der Waals surface area (Å²) < 4.78 is 5.10. The molecule has 104 valence electrons. The molecule has 0 aliphatic heterocycles. The summed E-state index contributed by atoms with van der Waals surface area (Å²) in [5.74, 6) is 0. The molecule has 0 spiro atoms. The molecule has 0 radical (unpaired) electrons. The minimum absolute atomic E-state index is 0.0368. The normalized spacial score (nSPS) is 11.5. The fraction of sp³-hybridized carbons (Fsp3) is 0.429. The van der Waals surface area contributed by atoms with E-state index in [9.17, 15) is 9.59 Å². The highest BCUT2D eigenvalue weighted by molar-refractivity contribution is 5.67. The lowest BCUT2D eigenvalue weighted by atomic mass is 10.2. The van der Waals surface area contributed by atoms with Gasteiger partial charge in [-0.05, 0) is 33.3 Å². The average molecular weight is 264 g/mol. The van der Waals surface area contributed by atoms with Crippen molar-refractivity contribution < 1.29 is 9.53 Å². The molecular weight excluding hydrogens is 244 g/mol. The first-order valence-electron chi connectivity index (χ1n) is 6.19. The van der Waals surface area contributed by atoms with E-state index in [1.807, 2.05) is 26.8 Å². The maximum absolute atomic E-state index is 11.3. The fourth-order valence-electron chi connectivity index (χ4n) is 1.34. The number of ether oxygens (including phenoxy) is 1. The third-order valence-electron chi connectivity index (χ3n) is 2.07. The summed E-state index contributed by atoms with van der Waals surface area (Å²) in [6, 6.07) is 2.97. The zero-order valence-corrected chi connectivity index (χ0v) is 11.5. The molecule has 1 aromatic heterocycles. The summed E-state index contributed by atoms with van der Waals surface area (Å²) in [5, 5.41) is 2.65. The van der Waals surface area contributed by atoms with Crippen LogP contribution >= 0.6 is 0 Å². The maximum atomic E-state index is 11.3. The Morgan fingerprint density at radius 3 is 2.84 bits per heavy atom. The standard InChI is InChI=1S/C14H20N2O3/c1-14(2,3)19-13(18)16-8-5-4-6-11-10-12(17)7-9-15-11/h4,6-7,9-10H,5,8H2,1-3H3,(H,15,17)(H,16,18). The molecule has 5 nitrogen and oxygen atoms in total. The second kappa shape index (κ2) is 6.78. The zero-order valence-electron chi connectivity index (χ0n) is 11.5. The Labute approximate surface area is 112 Å². The number of pyridine rings is 1. The maximum Gasteiger partial charge on any atom is 0.407 e. The van der Waals surface area contributed by atoms with E-state index in [0.717, 1.165) is 5.69 Å². The zero-order chi connectivity index (χ0) is 14.3. The Balaban J connectivity index is 2.28. The molecule has 0 saturated carbocycles. The lowest BCUT2D eigenvalue weighted by molar-refractivity contribution is 0.0529. The molecule has 0 atom stereocenters. The summed E-state index contributed by atoms with van der Waals surface area (Å²) >= 11 is 0. The van der Waals surface area contributed by atoms with Gasteiger partial charge < -0.3 is 15.0 Å². The van der Waals surface area contributed by atoms with Gasteiger partial charge in [0.1, 0.15) is 5.60 Å². The van der Waals surface area contributed by atoms with Gasteiger partial charge in [0.2, 0.25) is 0 Å². The van der Waals surface area contributed by atoms with Gasteiger partial charge in [-0.1, -0.05) is 6.08 Å². The second-order valence-electron chi connectivity index (χ2n) is 5.10. The topological polar surface area (TPSA) is 71.2 Å². The summed E-state index contributed by atoms with van der Waals surface area (Å²) in [5.41, 5.74) is 0.221. The highest BCUT2D eigenvalue weighted by atomic mass is 16.6. The first-order chi connectivity index (χ1) is 8.87. The number of carbonyl (C=O) groups excluding carboxylic acids is 1. The summed E-state index contributed by atoms with van der Waals surface area (Å²) in [6.07, 6.45) is 5.52. The number of amides is 1. The molecule has 0 aliphatic carbocycles. The molecule has 0 saturated heterocycles. The third kappa shape index (κ3) is 7.08. The van der Waals surface area contributed by atoms with Crippen molar-refractivity contribution in [2.75, 3.05) is 6.54 Å². The minimum Gasteiger partial charge on any atom is -0.444 e. The number of carbonyl (C=O) groups is 1. The number of hydrogen-bond donors (Lipinski definition) is 2. The highest BCUT2D eigenvalue weighted by Crippen LogP contribution is 2.06. The Kier molecular flexibility index (Phi) is 5.36. The van der Waals surface area contributed by atoms with E-state index in [2.05, 4.69) is 10.3 Å². The van der Waals surface area contributed by atoms with Crippen molar-refractivity contribution in [1.82, 2.24) is 10.3 Å². The average Bonchev–Trinajstić information content (AvgIpc) is 2.26. The van der Waals surface area contributed by atoms with Crippen LogP contribution in [0.1, 0.15) is 32.9 Å². The molecule has 0 aromatic carbocycles. The Morgan fingerprint density at radius 1 is 1.47 bits per heavy atom. The van der Waals surface area contributed by atoms with Crippen molar-refractivity contribution in [2.24, 2.45) is 0 Å². The van der Waals surface area contributed by atoms with E-state index in [1.165, 1.54) is 12.1 Å². The number of aromatic nitrogens is 1. The van der Waals surface area contributed by atoms with Crippen LogP contribution in [0.25, 0.3) is 6.08 Å². The van der Waals surface area contributed by atoms with Gasteiger partial charge in [0, 0.05) is 30.6 Å². The monoisotopic (exact) mass is 264 g/mol. The minimum atomic E-state index is -0.483. The van der Waals surface area contributed by atoms with Crippen LogP contribution < -0.4 is 10.7 Å².